The Balaban J connectivity index is 1.20. The zero-order chi connectivity index (χ0) is 20.5. The first-order valence-electron chi connectivity index (χ1n) is 11.5. The topological polar surface area (TPSA) is 43.8 Å². The molecule has 2 aliphatic heterocycles. The molecular formula is C26H32N2O2. The number of amides is 1. The zero-order valence-corrected chi connectivity index (χ0v) is 17.7. The van der Waals surface area contributed by atoms with Gasteiger partial charge >= 0.3 is 0 Å². The Morgan fingerprint density at radius 3 is 2.57 bits per heavy atom. The van der Waals surface area contributed by atoms with E-state index < -0.39 is 6.10 Å². The number of β-amino-alcohol motifs (C(OH)–C–C–N with tert-alkyl or cyclic N) is 1. The molecule has 1 amide bonds. The van der Waals surface area contributed by atoms with Crippen LogP contribution in [0, 0.1) is 5.92 Å². The standard InChI is InChI=1S/C26H32N2O2/c29-24(17-27-12-10-21-6-1-2-7-23(21)16-27)18-28-13-11-22-9-8-20(14-19-4-3-5-19)15-25(22)26(28)30/h1-2,6-9,15,19,24,29H,3-5,10-14,16-18H2. The van der Waals surface area contributed by atoms with Crippen molar-refractivity contribution in [3.05, 3.63) is 70.3 Å². The summed E-state index contributed by atoms with van der Waals surface area (Å²) in [5.74, 6) is 0.893. The van der Waals surface area contributed by atoms with Crippen LogP contribution in [0.2, 0.25) is 0 Å². The van der Waals surface area contributed by atoms with Gasteiger partial charge in [0.05, 0.1) is 6.10 Å². The number of nitrogens with zero attached hydrogens (tertiary/aromatic N) is 2. The summed E-state index contributed by atoms with van der Waals surface area (Å²) in [5, 5.41) is 10.7. The summed E-state index contributed by atoms with van der Waals surface area (Å²) in [6, 6.07) is 15.0. The molecule has 158 valence electrons. The van der Waals surface area contributed by atoms with Crippen molar-refractivity contribution in [2.45, 2.75) is 51.2 Å². The first-order valence-corrected chi connectivity index (χ1v) is 11.5. The Hall–Kier alpha value is -2.17. The SMILES string of the molecule is O=C1c2cc(CC3CCC3)ccc2CCN1CC(O)CN1CCc2ccccc2C1. The molecule has 2 heterocycles. The zero-order valence-electron chi connectivity index (χ0n) is 17.7. The van der Waals surface area contributed by atoms with E-state index in [-0.39, 0.29) is 5.91 Å². The molecule has 1 N–H and O–H groups in total. The molecule has 1 fully saturated rings. The van der Waals surface area contributed by atoms with Crippen molar-refractivity contribution in [1.82, 2.24) is 9.80 Å². The van der Waals surface area contributed by atoms with E-state index in [9.17, 15) is 9.90 Å². The number of aliphatic hydroxyl groups is 1. The second-order valence-electron chi connectivity index (χ2n) is 9.40. The van der Waals surface area contributed by atoms with Gasteiger partial charge in [0.25, 0.3) is 5.91 Å². The summed E-state index contributed by atoms with van der Waals surface area (Å²) in [4.78, 5) is 17.3. The average molecular weight is 405 g/mol. The van der Waals surface area contributed by atoms with Gasteiger partial charge in [-0.05, 0) is 53.5 Å². The van der Waals surface area contributed by atoms with Crippen LogP contribution in [0.3, 0.4) is 0 Å². The summed E-state index contributed by atoms with van der Waals surface area (Å²) in [5.41, 5.74) is 6.09. The van der Waals surface area contributed by atoms with Gasteiger partial charge < -0.3 is 10.0 Å². The molecule has 0 spiro atoms. The highest BCUT2D eigenvalue weighted by molar-refractivity contribution is 5.97. The second-order valence-corrected chi connectivity index (χ2v) is 9.40. The third kappa shape index (κ3) is 4.17. The van der Waals surface area contributed by atoms with E-state index >= 15 is 0 Å². The first-order chi connectivity index (χ1) is 14.7. The van der Waals surface area contributed by atoms with Gasteiger partial charge in [-0.25, -0.2) is 0 Å². The maximum atomic E-state index is 13.1. The average Bonchev–Trinajstić information content (AvgIpc) is 2.73. The largest absolute Gasteiger partial charge is 0.390 e. The van der Waals surface area contributed by atoms with E-state index in [1.807, 2.05) is 4.90 Å². The third-order valence-electron chi connectivity index (χ3n) is 7.20. The van der Waals surface area contributed by atoms with Gasteiger partial charge in [0, 0.05) is 38.3 Å². The number of carbonyl (C=O) groups excluding carboxylic acids is 1. The molecule has 30 heavy (non-hydrogen) atoms. The summed E-state index contributed by atoms with van der Waals surface area (Å²) in [6.45, 7) is 3.59. The van der Waals surface area contributed by atoms with Crippen molar-refractivity contribution in [1.29, 1.82) is 0 Å². The van der Waals surface area contributed by atoms with Crippen molar-refractivity contribution in [3.8, 4) is 0 Å². The highest BCUT2D eigenvalue weighted by Gasteiger charge is 2.28. The first kappa shape index (κ1) is 19.8. The predicted molar refractivity (Wildman–Crippen MR) is 119 cm³/mol. The Kier molecular flexibility index (Phi) is 5.62. The lowest BCUT2D eigenvalue weighted by atomic mass is 9.80. The van der Waals surface area contributed by atoms with Crippen molar-refractivity contribution < 1.29 is 9.90 Å². The lowest BCUT2D eigenvalue weighted by Gasteiger charge is -2.34. The van der Waals surface area contributed by atoms with Crippen molar-refractivity contribution in [2.24, 2.45) is 5.92 Å². The van der Waals surface area contributed by atoms with Gasteiger partial charge in [-0.2, -0.15) is 0 Å². The molecule has 1 aliphatic carbocycles. The van der Waals surface area contributed by atoms with Crippen LogP contribution in [-0.4, -0.2) is 53.1 Å². The van der Waals surface area contributed by atoms with Crippen molar-refractivity contribution in [2.75, 3.05) is 26.2 Å². The number of aliphatic hydroxyl groups excluding tert-OH is 1. The summed E-state index contributed by atoms with van der Waals surface area (Å²) in [7, 11) is 0. The van der Waals surface area contributed by atoms with E-state index in [4.69, 9.17) is 0 Å². The quantitative estimate of drug-likeness (QED) is 0.802. The molecule has 2 aromatic carbocycles. The van der Waals surface area contributed by atoms with E-state index in [1.54, 1.807) is 0 Å². The summed E-state index contributed by atoms with van der Waals surface area (Å²) >= 11 is 0. The second kappa shape index (κ2) is 8.52. The number of benzene rings is 2. The molecule has 4 heteroatoms. The minimum absolute atomic E-state index is 0.0924. The lowest BCUT2D eigenvalue weighted by molar-refractivity contribution is 0.0492. The Morgan fingerprint density at radius 2 is 1.77 bits per heavy atom. The summed E-state index contributed by atoms with van der Waals surface area (Å²) in [6.07, 6.45) is 6.49. The van der Waals surface area contributed by atoms with E-state index in [1.165, 1.54) is 36.0 Å². The lowest BCUT2D eigenvalue weighted by Crippen LogP contribution is -2.46. The van der Waals surface area contributed by atoms with Gasteiger partial charge in [0.1, 0.15) is 0 Å². The molecule has 0 bridgehead atoms. The maximum Gasteiger partial charge on any atom is 0.254 e. The normalized spacial score (nSPS) is 20.4. The van der Waals surface area contributed by atoms with Crippen molar-refractivity contribution >= 4 is 5.91 Å². The molecule has 5 rings (SSSR count). The molecular weight excluding hydrogens is 372 g/mol. The number of hydrogen-bond acceptors (Lipinski definition) is 3. The van der Waals surface area contributed by atoms with E-state index in [2.05, 4.69) is 47.4 Å². The summed E-state index contributed by atoms with van der Waals surface area (Å²) < 4.78 is 0. The van der Waals surface area contributed by atoms with Crippen LogP contribution in [-0.2, 0) is 25.8 Å². The molecule has 1 atom stereocenters. The molecule has 4 nitrogen and oxygen atoms in total. The molecule has 0 radical (unpaired) electrons. The van der Waals surface area contributed by atoms with E-state index in [0.717, 1.165) is 49.4 Å². The molecule has 3 aliphatic rings. The van der Waals surface area contributed by atoms with Crippen LogP contribution < -0.4 is 0 Å². The van der Waals surface area contributed by atoms with Gasteiger partial charge in [0.15, 0.2) is 0 Å². The maximum absolute atomic E-state index is 13.1. The number of hydrogen-bond donors (Lipinski definition) is 1. The van der Waals surface area contributed by atoms with Gasteiger partial charge in [-0.1, -0.05) is 55.7 Å². The van der Waals surface area contributed by atoms with Crippen molar-refractivity contribution in [3.63, 3.8) is 0 Å². The van der Waals surface area contributed by atoms with Crippen LogP contribution in [0.25, 0.3) is 0 Å². The van der Waals surface area contributed by atoms with Crippen LogP contribution in [0.1, 0.15) is 51.9 Å². The van der Waals surface area contributed by atoms with Crippen LogP contribution in [0.5, 0.6) is 0 Å². The highest BCUT2D eigenvalue weighted by atomic mass is 16.3. The fraction of sp³-hybridized carbons (Fsp3) is 0.500. The number of rotatable bonds is 6. The predicted octanol–water partition coefficient (Wildman–Crippen LogP) is 3.45. The van der Waals surface area contributed by atoms with Crippen LogP contribution in [0.4, 0.5) is 0 Å². The smallest absolute Gasteiger partial charge is 0.254 e. The third-order valence-corrected chi connectivity index (χ3v) is 7.20. The van der Waals surface area contributed by atoms with E-state index in [0.29, 0.717) is 19.6 Å². The minimum Gasteiger partial charge on any atom is -0.390 e. The molecule has 2 aromatic rings. The van der Waals surface area contributed by atoms with Crippen LogP contribution >= 0.6 is 0 Å². The molecule has 0 aromatic heterocycles. The Morgan fingerprint density at radius 1 is 0.967 bits per heavy atom. The fourth-order valence-electron chi connectivity index (χ4n) is 5.22. The fourth-order valence-corrected chi connectivity index (χ4v) is 5.22. The van der Waals surface area contributed by atoms with Crippen LogP contribution in [0.15, 0.2) is 42.5 Å². The number of fused-ring (bicyclic) bond motifs is 2. The monoisotopic (exact) mass is 404 g/mol. The van der Waals surface area contributed by atoms with Gasteiger partial charge in [-0.15, -0.1) is 0 Å². The number of carbonyl (C=O) groups is 1. The molecule has 1 unspecified atom stereocenters. The Labute approximate surface area is 179 Å². The highest BCUT2D eigenvalue weighted by Crippen LogP contribution is 2.31. The Bertz CT molecular complexity index is 921. The minimum atomic E-state index is -0.515. The molecule has 1 saturated carbocycles. The van der Waals surface area contributed by atoms with Gasteiger partial charge in [0.2, 0.25) is 0 Å². The van der Waals surface area contributed by atoms with Gasteiger partial charge in [-0.3, -0.25) is 9.69 Å². The molecule has 0 saturated heterocycles.